The molecule has 0 spiro atoms. The van der Waals surface area contributed by atoms with Gasteiger partial charge in [0.25, 0.3) is 10.0 Å². The van der Waals surface area contributed by atoms with E-state index < -0.39 is 28.5 Å². The molecule has 0 saturated heterocycles. The molecule has 3 rings (SSSR count). The van der Waals surface area contributed by atoms with Gasteiger partial charge in [0.2, 0.25) is 11.8 Å². The molecule has 1 atom stereocenters. The maximum Gasteiger partial charge on any atom is 0.264 e. The van der Waals surface area contributed by atoms with Gasteiger partial charge in [0.05, 0.1) is 10.6 Å². The van der Waals surface area contributed by atoms with Crippen LogP contribution < -0.4 is 9.62 Å². The molecule has 9 heteroatoms. The van der Waals surface area contributed by atoms with Gasteiger partial charge in [-0.25, -0.2) is 8.42 Å². The van der Waals surface area contributed by atoms with E-state index in [-0.39, 0.29) is 29.1 Å². The Morgan fingerprint density at radius 2 is 1.59 bits per heavy atom. The minimum atomic E-state index is -4.15. The van der Waals surface area contributed by atoms with Gasteiger partial charge in [-0.15, -0.1) is 0 Å². The van der Waals surface area contributed by atoms with E-state index in [9.17, 15) is 18.0 Å². The van der Waals surface area contributed by atoms with Crippen LogP contribution in [-0.2, 0) is 26.2 Å². The number of halogens is 1. The lowest BCUT2D eigenvalue weighted by Crippen LogP contribution is -2.53. The number of benzene rings is 3. The molecule has 0 radical (unpaired) electrons. The number of carbonyl (C=O) groups is 2. The van der Waals surface area contributed by atoms with E-state index in [2.05, 4.69) is 5.32 Å². The first-order valence-electron chi connectivity index (χ1n) is 12.9. The minimum absolute atomic E-state index is 0.0526. The predicted molar refractivity (Wildman–Crippen MR) is 156 cm³/mol. The van der Waals surface area contributed by atoms with E-state index >= 15 is 0 Å². The van der Waals surface area contributed by atoms with Crippen molar-refractivity contribution in [3.63, 3.8) is 0 Å². The van der Waals surface area contributed by atoms with Crippen LogP contribution in [0.2, 0.25) is 5.02 Å². The molecule has 7 nitrogen and oxygen atoms in total. The Balaban J connectivity index is 2.07. The quantitative estimate of drug-likeness (QED) is 0.331. The van der Waals surface area contributed by atoms with Crippen molar-refractivity contribution in [2.75, 3.05) is 10.8 Å². The third kappa shape index (κ3) is 7.61. The zero-order valence-corrected chi connectivity index (χ0v) is 24.6. The summed E-state index contributed by atoms with van der Waals surface area (Å²) in [5.74, 6) is -0.792. The number of rotatable bonds is 11. The summed E-state index contributed by atoms with van der Waals surface area (Å²) in [6, 6.07) is 19.8. The lowest BCUT2D eigenvalue weighted by Gasteiger charge is -2.33. The average molecular weight is 570 g/mol. The Morgan fingerprint density at radius 3 is 2.15 bits per heavy atom. The molecular weight excluding hydrogens is 534 g/mol. The van der Waals surface area contributed by atoms with Gasteiger partial charge < -0.3 is 10.2 Å². The fourth-order valence-corrected chi connectivity index (χ4v) is 5.76. The molecular formula is C30H36ClN3O4S. The SMILES string of the molecule is CC[C@@H](C(=O)NC(C)C)N(Cc1ccccc1)C(=O)CN(c1ccc(C)c(Cl)c1)S(=O)(=O)c1ccc(C)cc1. The van der Waals surface area contributed by atoms with Gasteiger partial charge in [-0.1, -0.05) is 72.6 Å². The Kier molecular flexibility index (Phi) is 10.2. The van der Waals surface area contributed by atoms with Crippen LogP contribution in [0.4, 0.5) is 5.69 Å². The Morgan fingerprint density at radius 1 is 0.949 bits per heavy atom. The molecule has 3 aromatic rings. The maximum atomic E-state index is 14.0. The summed E-state index contributed by atoms with van der Waals surface area (Å²) >= 11 is 6.37. The van der Waals surface area contributed by atoms with Crippen LogP contribution in [0.15, 0.2) is 77.7 Å². The van der Waals surface area contributed by atoms with Crippen molar-refractivity contribution in [1.82, 2.24) is 10.2 Å². The van der Waals surface area contributed by atoms with Crippen LogP contribution >= 0.6 is 11.6 Å². The molecule has 0 fully saturated rings. The van der Waals surface area contributed by atoms with E-state index in [1.54, 1.807) is 30.3 Å². The van der Waals surface area contributed by atoms with Crippen LogP contribution in [-0.4, -0.2) is 43.8 Å². The Hall–Kier alpha value is -3.36. The van der Waals surface area contributed by atoms with Crippen LogP contribution in [0.3, 0.4) is 0 Å². The van der Waals surface area contributed by atoms with Crippen molar-refractivity contribution >= 4 is 39.1 Å². The summed E-state index contributed by atoms with van der Waals surface area (Å²) in [6.45, 7) is 8.86. The highest BCUT2D eigenvalue weighted by Gasteiger charge is 2.34. The van der Waals surface area contributed by atoms with Crippen molar-refractivity contribution in [3.05, 3.63) is 94.5 Å². The van der Waals surface area contributed by atoms with Gasteiger partial charge in [-0.05, 0) is 69.5 Å². The highest BCUT2D eigenvalue weighted by Crippen LogP contribution is 2.29. The Bertz CT molecular complexity index is 1390. The molecule has 2 amide bonds. The molecule has 0 saturated carbocycles. The molecule has 208 valence electrons. The number of amides is 2. The number of hydrogen-bond donors (Lipinski definition) is 1. The lowest BCUT2D eigenvalue weighted by atomic mass is 10.1. The number of nitrogens with zero attached hydrogens (tertiary/aromatic N) is 2. The van der Waals surface area contributed by atoms with Gasteiger partial charge in [0, 0.05) is 17.6 Å². The predicted octanol–water partition coefficient (Wildman–Crippen LogP) is 5.48. The normalized spacial score (nSPS) is 12.2. The third-order valence-corrected chi connectivity index (χ3v) is 8.54. The minimum Gasteiger partial charge on any atom is -0.352 e. The third-order valence-electron chi connectivity index (χ3n) is 6.34. The first kappa shape index (κ1) is 30.2. The zero-order valence-electron chi connectivity index (χ0n) is 23.0. The molecule has 0 unspecified atom stereocenters. The topological polar surface area (TPSA) is 86.8 Å². The average Bonchev–Trinajstić information content (AvgIpc) is 2.89. The number of carbonyl (C=O) groups excluding carboxylic acids is 2. The number of sulfonamides is 1. The summed E-state index contributed by atoms with van der Waals surface area (Å²) in [5.41, 5.74) is 2.78. The van der Waals surface area contributed by atoms with Crippen molar-refractivity contribution in [2.24, 2.45) is 0 Å². The van der Waals surface area contributed by atoms with Crippen LogP contribution in [0.1, 0.15) is 43.9 Å². The van der Waals surface area contributed by atoms with E-state index in [4.69, 9.17) is 11.6 Å². The summed E-state index contributed by atoms with van der Waals surface area (Å²) in [7, 11) is -4.15. The standard InChI is InChI=1S/C30H36ClN3O4S/c1-6-28(30(36)32-21(2)3)33(19-24-10-8-7-9-11-24)29(35)20-34(25-15-14-23(5)27(31)18-25)39(37,38)26-16-12-22(4)13-17-26/h7-18,21,28H,6,19-20H2,1-5H3,(H,32,36)/t28-/m0/s1. The van der Waals surface area contributed by atoms with Crippen molar-refractivity contribution in [2.45, 2.75) is 64.6 Å². The Labute approximate surface area is 236 Å². The summed E-state index contributed by atoms with van der Waals surface area (Å²) < 4.78 is 28.9. The van der Waals surface area contributed by atoms with Crippen LogP contribution in [0, 0.1) is 13.8 Å². The number of hydrogen-bond acceptors (Lipinski definition) is 4. The number of nitrogens with one attached hydrogen (secondary N) is 1. The first-order valence-corrected chi connectivity index (χ1v) is 14.7. The molecule has 0 bridgehead atoms. The van der Waals surface area contributed by atoms with Gasteiger partial charge in [0.15, 0.2) is 0 Å². The second kappa shape index (κ2) is 13.1. The highest BCUT2D eigenvalue weighted by molar-refractivity contribution is 7.92. The monoisotopic (exact) mass is 569 g/mol. The largest absolute Gasteiger partial charge is 0.352 e. The molecule has 0 aliphatic heterocycles. The molecule has 0 aliphatic rings. The lowest BCUT2D eigenvalue weighted by molar-refractivity contribution is -0.140. The number of anilines is 1. The zero-order chi connectivity index (χ0) is 28.7. The summed E-state index contributed by atoms with van der Waals surface area (Å²) in [5, 5.41) is 3.28. The summed E-state index contributed by atoms with van der Waals surface area (Å²) in [6.07, 6.45) is 0.359. The van der Waals surface area contributed by atoms with Gasteiger partial charge in [0.1, 0.15) is 12.6 Å². The molecule has 3 aromatic carbocycles. The molecule has 0 heterocycles. The molecule has 0 aliphatic carbocycles. The van der Waals surface area contributed by atoms with E-state index in [1.807, 2.05) is 65.0 Å². The van der Waals surface area contributed by atoms with E-state index in [1.165, 1.54) is 17.0 Å². The van der Waals surface area contributed by atoms with Gasteiger partial charge in [-0.3, -0.25) is 13.9 Å². The maximum absolute atomic E-state index is 14.0. The van der Waals surface area contributed by atoms with Crippen molar-refractivity contribution in [1.29, 1.82) is 0 Å². The van der Waals surface area contributed by atoms with E-state index in [0.29, 0.717) is 11.4 Å². The molecule has 0 aromatic heterocycles. The highest BCUT2D eigenvalue weighted by atomic mass is 35.5. The second-order valence-electron chi connectivity index (χ2n) is 9.85. The number of aryl methyl sites for hydroxylation is 2. The first-order chi connectivity index (χ1) is 18.4. The van der Waals surface area contributed by atoms with Crippen LogP contribution in [0.25, 0.3) is 0 Å². The fourth-order valence-electron chi connectivity index (χ4n) is 4.18. The van der Waals surface area contributed by atoms with Crippen LogP contribution in [0.5, 0.6) is 0 Å². The molecule has 1 N–H and O–H groups in total. The fraction of sp³-hybridized carbons (Fsp3) is 0.333. The summed E-state index contributed by atoms with van der Waals surface area (Å²) in [4.78, 5) is 28.7. The van der Waals surface area contributed by atoms with Gasteiger partial charge >= 0.3 is 0 Å². The van der Waals surface area contributed by atoms with Gasteiger partial charge in [-0.2, -0.15) is 0 Å². The van der Waals surface area contributed by atoms with Crippen molar-refractivity contribution < 1.29 is 18.0 Å². The van der Waals surface area contributed by atoms with E-state index in [0.717, 1.165) is 21.0 Å². The second-order valence-corrected chi connectivity index (χ2v) is 12.1. The van der Waals surface area contributed by atoms with Crippen molar-refractivity contribution in [3.8, 4) is 0 Å². The molecule has 39 heavy (non-hydrogen) atoms. The smallest absolute Gasteiger partial charge is 0.264 e.